The smallest absolute Gasteiger partial charge is 0.283 e. The Morgan fingerprint density at radius 2 is 2.04 bits per heavy atom. The summed E-state index contributed by atoms with van der Waals surface area (Å²) in [5, 5.41) is 0. The van der Waals surface area contributed by atoms with Gasteiger partial charge >= 0.3 is 0 Å². The number of aromatic nitrogens is 2. The summed E-state index contributed by atoms with van der Waals surface area (Å²) in [6.07, 6.45) is 3.46. The van der Waals surface area contributed by atoms with Gasteiger partial charge in [0.1, 0.15) is 0 Å². The van der Waals surface area contributed by atoms with Gasteiger partial charge in [0.05, 0.1) is 17.6 Å². The lowest BCUT2D eigenvalue weighted by Crippen LogP contribution is -2.19. The maximum atomic E-state index is 12.0. The fraction of sp³-hybridized carbons (Fsp3) is 0.105. The van der Waals surface area contributed by atoms with Crippen LogP contribution in [0, 0.1) is 0 Å². The minimum atomic E-state index is -0.184. The van der Waals surface area contributed by atoms with Crippen LogP contribution in [0.4, 0.5) is 0 Å². The van der Waals surface area contributed by atoms with Crippen LogP contribution in [0.15, 0.2) is 69.0 Å². The minimum absolute atomic E-state index is 0.184. The van der Waals surface area contributed by atoms with E-state index in [1.807, 2.05) is 48.5 Å². The van der Waals surface area contributed by atoms with Crippen LogP contribution in [0.25, 0.3) is 16.7 Å². The number of nitrogens with two attached hydrogens (primary N) is 1. The number of aliphatic imine (C=N–C) groups is 1. The van der Waals surface area contributed by atoms with Gasteiger partial charge in [0, 0.05) is 19.0 Å². The zero-order valence-corrected chi connectivity index (χ0v) is 15.3. The number of hydrogen-bond donors (Lipinski definition) is 1. The van der Waals surface area contributed by atoms with Crippen LogP contribution in [0.2, 0.25) is 0 Å². The van der Waals surface area contributed by atoms with Crippen molar-refractivity contribution >= 4 is 38.9 Å². The molecule has 0 aliphatic carbocycles. The molecule has 0 bridgehead atoms. The maximum Gasteiger partial charge on any atom is 0.283 e. The van der Waals surface area contributed by atoms with E-state index in [4.69, 9.17) is 5.73 Å². The standard InChI is InChI=1S/C19H17BrN4O/c1-24-17-11-14(7-8-16(17)23-18(20)19(24)25)15(21)9-10-22-12-13-5-3-2-4-6-13/h2-11H,12,21H2,1H3/b15-9-,22-10?. The first-order valence-corrected chi connectivity index (χ1v) is 8.52. The van der Waals surface area contributed by atoms with Gasteiger partial charge < -0.3 is 10.3 Å². The minimum Gasteiger partial charge on any atom is -0.398 e. The van der Waals surface area contributed by atoms with E-state index in [-0.39, 0.29) is 5.56 Å². The monoisotopic (exact) mass is 396 g/mol. The lowest BCUT2D eigenvalue weighted by molar-refractivity contribution is 0.880. The molecule has 1 aromatic heterocycles. The third-order valence-corrected chi connectivity index (χ3v) is 4.36. The third-order valence-electron chi connectivity index (χ3n) is 3.85. The van der Waals surface area contributed by atoms with E-state index < -0.39 is 0 Å². The first-order valence-electron chi connectivity index (χ1n) is 7.72. The van der Waals surface area contributed by atoms with Crippen molar-refractivity contribution in [3.05, 3.63) is 80.7 Å². The summed E-state index contributed by atoms with van der Waals surface area (Å²) >= 11 is 3.18. The van der Waals surface area contributed by atoms with Gasteiger partial charge in [-0.15, -0.1) is 0 Å². The number of hydrogen-bond acceptors (Lipinski definition) is 4. The molecule has 0 fully saturated rings. The highest BCUT2D eigenvalue weighted by atomic mass is 79.9. The second kappa shape index (κ2) is 7.44. The number of aryl methyl sites for hydroxylation is 1. The molecule has 0 amide bonds. The molecular formula is C19H17BrN4O. The van der Waals surface area contributed by atoms with Gasteiger partial charge in [-0.25, -0.2) is 4.98 Å². The molecule has 126 valence electrons. The fourth-order valence-electron chi connectivity index (χ4n) is 2.44. The van der Waals surface area contributed by atoms with Gasteiger partial charge in [0.2, 0.25) is 0 Å². The van der Waals surface area contributed by atoms with Gasteiger partial charge in [-0.3, -0.25) is 9.79 Å². The van der Waals surface area contributed by atoms with Gasteiger partial charge in [-0.05, 0) is 45.3 Å². The van der Waals surface area contributed by atoms with E-state index >= 15 is 0 Å². The lowest BCUT2D eigenvalue weighted by Gasteiger charge is -2.07. The highest BCUT2D eigenvalue weighted by Crippen LogP contribution is 2.17. The molecule has 0 aliphatic rings. The quantitative estimate of drug-likeness (QED) is 0.687. The van der Waals surface area contributed by atoms with Crippen molar-refractivity contribution in [1.29, 1.82) is 0 Å². The predicted molar refractivity (Wildman–Crippen MR) is 105 cm³/mol. The highest BCUT2D eigenvalue weighted by Gasteiger charge is 2.07. The van der Waals surface area contributed by atoms with Crippen LogP contribution in [0.3, 0.4) is 0 Å². The molecule has 0 aliphatic heterocycles. The molecule has 0 unspecified atom stereocenters. The molecule has 0 atom stereocenters. The molecule has 3 rings (SSSR count). The van der Waals surface area contributed by atoms with Crippen LogP contribution in [0.1, 0.15) is 11.1 Å². The average molecular weight is 397 g/mol. The normalized spacial score (nSPS) is 12.2. The van der Waals surface area contributed by atoms with Crippen LogP contribution in [-0.2, 0) is 13.6 Å². The molecule has 0 spiro atoms. The molecule has 0 radical (unpaired) electrons. The van der Waals surface area contributed by atoms with Gasteiger partial charge in [0.15, 0.2) is 4.60 Å². The number of fused-ring (bicyclic) bond motifs is 1. The molecule has 0 saturated heterocycles. The number of allylic oxidation sites excluding steroid dienone is 1. The second-order valence-corrected chi connectivity index (χ2v) is 6.32. The largest absolute Gasteiger partial charge is 0.398 e. The Kier molecular flexibility index (Phi) is 5.09. The van der Waals surface area contributed by atoms with Gasteiger partial charge in [-0.2, -0.15) is 0 Å². The van der Waals surface area contributed by atoms with Gasteiger partial charge in [0.25, 0.3) is 5.56 Å². The lowest BCUT2D eigenvalue weighted by atomic mass is 10.1. The second-order valence-electron chi connectivity index (χ2n) is 5.57. The fourth-order valence-corrected chi connectivity index (χ4v) is 2.90. The predicted octanol–water partition coefficient (Wildman–Crippen LogP) is 3.27. The van der Waals surface area contributed by atoms with Crippen LogP contribution in [0.5, 0.6) is 0 Å². The SMILES string of the molecule is Cn1c(=O)c(Br)nc2ccc(/C(N)=C/C=NCc3ccccc3)cc21. The molecule has 25 heavy (non-hydrogen) atoms. The molecule has 6 heteroatoms. The Morgan fingerprint density at radius 3 is 2.80 bits per heavy atom. The van der Waals surface area contributed by atoms with E-state index in [1.165, 1.54) is 0 Å². The Morgan fingerprint density at radius 1 is 1.28 bits per heavy atom. The Labute approximate surface area is 153 Å². The molecule has 0 saturated carbocycles. The summed E-state index contributed by atoms with van der Waals surface area (Å²) in [6, 6.07) is 15.6. The van der Waals surface area contributed by atoms with Gasteiger partial charge in [-0.1, -0.05) is 36.4 Å². The van der Waals surface area contributed by atoms with Crippen LogP contribution in [-0.4, -0.2) is 15.8 Å². The molecule has 2 aromatic carbocycles. The number of nitrogens with zero attached hydrogens (tertiary/aromatic N) is 3. The Bertz CT molecular complexity index is 1020. The van der Waals surface area contributed by atoms with E-state index in [2.05, 4.69) is 25.9 Å². The van der Waals surface area contributed by atoms with Crippen LogP contribution >= 0.6 is 15.9 Å². The van der Waals surface area contributed by atoms with E-state index in [0.29, 0.717) is 16.8 Å². The Hall–Kier alpha value is -2.73. The van der Waals surface area contributed by atoms with Crippen molar-refractivity contribution in [2.45, 2.75) is 6.54 Å². The Balaban J connectivity index is 1.84. The zero-order chi connectivity index (χ0) is 17.8. The van der Waals surface area contributed by atoms with Crippen molar-refractivity contribution in [3.63, 3.8) is 0 Å². The molecule has 2 N–H and O–H groups in total. The van der Waals surface area contributed by atoms with Crippen molar-refractivity contribution in [2.24, 2.45) is 17.8 Å². The van der Waals surface area contributed by atoms with E-state index in [1.54, 1.807) is 23.9 Å². The zero-order valence-electron chi connectivity index (χ0n) is 13.7. The summed E-state index contributed by atoms with van der Waals surface area (Å²) in [5.74, 6) is 0. The summed E-state index contributed by atoms with van der Waals surface area (Å²) in [7, 11) is 1.71. The van der Waals surface area contributed by atoms with E-state index in [9.17, 15) is 4.79 Å². The van der Waals surface area contributed by atoms with Crippen molar-refractivity contribution in [3.8, 4) is 0 Å². The summed E-state index contributed by atoms with van der Waals surface area (Å²) < 4.78 is 1.85. The highest BCUT2D eigenvalue weighted by molar-refractivity contribution is 9.10. The molecule has 5 nitrogen and oxygen atoms in total. The first kappa shape index (κ1) is 17.1. The summed E-state index contributed by atoms with van der Waals surface area (Å²) in [6.45, 7) is 0.606. The summed E-state index contributed by atoms with van der Waals surface area (Å²) in [4.78, 5) is 20.6. The first-order chi connectivity index (χ1) is 12.1. The topological polar surface area (TPSA) is 73.3 Å². The number of halogens is 1. The summed E-state index contributed by atoms with van der Waals surface area (Å²) in [5.41, 5.74) is 9.94. The number of rotatable bonds is 4. The maximum absolute atomic E-state index is 12.0. The average Bonchev–Trinajstić information content (AvgIpc) is 2.64. The number of benzene rings is 2. The van der Waals surface area contributed by atoms with Crippen LogP contribution < -0.4 is 11.3 Å². The van der Waals surface area contributed by atoms with Crippen molar-refractivity contribution in [2.75, 3.05) is 0 Å². The van der Waals surface area contributed by atoms with E-state index in [0.717, 1.165) is 22.2 Å². The van der Waals surface area contributed by atoms with Crippen molar-refractivity contribution in [1.82, 2.24) is 9.55 Å². The molecule has 1 heterocycles. The van der Waals surface area contributed by atoms with Crippen molar-refractivity contribution < 1.29 is 0 Å². The molecular weight excluding hydrogens is 380 g/mol. The molecule has 3 aromatic rings. The third kappa shape index (κ3) is 3.85.